The van der Waals surface area contributed by atoms with Crippen LogP contribution in [0.4, 0.5) is 0 Å². The van der Waals surface area contributed by atoms with Crippen LogP contribution in [0.3, 0.4) is 0 Å². The second kappa shape index (κ2) is 4.83. The molecule has 0 amide bonds. The molecule has 0 saturated carbocycles. The van der Waals surface area contributed by atoms with Crippen LogP contribution in [0.25, 0.3) is 10.9 Å². The van der Waals surface area contributed by atoms with Crippen molar-refractivity contribution in [1.82, 2.24) is 9.78 Å². The first-order chi connectivity index (χ1) is 8.88. The summed E-state index contributed by atoms with van der Waals surface area (Å²) in [5.74, 6) is 5.99. The molecule has 1 atom stereocenters. The molecule has 1 saturated heterocycles. The van der Waals surface area contributed by atoms with Gasteiger partial charge in [0.2, 0.25) is 0 Å². The summed E-state index contributed by atoms with van der Waals surface area (Å²) in [6, 6.07) is 6.21. The van der Waals surface area contributed by atoms with Crippen LogP contribution < -0.4 is 0 Å². The Morgan fingerprint density at radius 3 is 3.11 bits per heavy atom. The lowest BCUT2D eigenvalue weighted by molar-refractivity contribution is -0.0366. The van der Waals surface area contributed by atoms with Gasteiger partial charge in [0, 0.05) is 17.6 Å². The monoisotopic (exact) mass is 240 g/mol. The number of aromatic nitrogens is 2. The van der Waals surface area contributed by atoms with Crippen molar-refractivity contribution in [2.24, 2.45) is 0 Å². The van der Waals surface area contributed by atoms with E-state index in [2.05, 4.69) is 29.1 Å². The Kier molecular flexibility index (Phi) is 3.04. The molecule has 3 rings (SSSR count). The maximum atomic E-state index is 5.78. The quantitative estimate of drug-likeness (QED) is 0.716. The Hall–Kier alpha value is -1.79. The van der Waals surface area contributed by atoms with Gasteiger partial charge in [0.1, 0.15) is 0 Å². The zero-order chi connectivity index (χ0) is 12.4. The summed E-state index contributed by atoms with van der Waals surface area (Å²) < 4.78 is 7.78. The normalized spacial score (nSPS) is 19.5. The standard InChI is InChI=1S/C15H16N2O/c1-2-5-12-7-8-14-13(10-12)11-16-17(14)15-6-3-4-9-18-15/h7-8,10-11,15H,3-4,6,9H2,1H3. The molecule has 0 aliphatic carbocycles. The van der Waals surface area contributed by atoms with Crippen LogP contribution >= 0.6 is 0 Å². The maximum absolute atomic E-state index is 5.78. The second-order valence-electron chi connectivity index (χ2n) is 4.56. The van der Waals surface area contributed by atoms with Gasteiger partial charge in [-0.1, -0.05) is 5.92 Å². The van der Waals surface area contributed by atoms with Gasteiger partial charge in [-0.25, -0.2) is 4.68 Å². The molecule has 0 N–H and O–H groups in total. The minimum atomic E-state index is 0.0966. The molecule has 2 heterocycles. The maximum Gasteiger partial charge on any atom is 0.150 e. The fourth-order valence-electron chi connectivity index (χ4n) is 2.42. The van der Waals surface area contributed by atoms with Gasteiger partial charge < -0.3 is 4.74 Å². The fraction of sp³-hybridized carbons (Fsp3) is 0.400. The first-order valence-electron chi connectivity index (χ1n) is 6.40. The highest BCUT2D eigenvalue weighted by Crippen LogP contribution is 2.26. The number of rotatable bonds is 1. The summed E-state index contributed by atoms with van der Waals surface area (Å²) in [7, 11) is 0. The minimum absolute atomic E-state index is 0.0966. The molecular weight excluding hydrogens is 224 g/mol. The van der Waals surface area contributed by atoms with Gasteiger partial charge in [0.15, 0.2) is 6.23 Å². The molecule has 1 aromatic heterocycles. The molecule has 3 heteroatoms. The number of ether oxygens (including phenoxy) is 1. The van der Waals surface area contributed by atoms with Crippen LogP contribution in [0.2, 0.25) is 0 Å². The Bertz CT molecular complexity index is 612. The third-order valence-corrected chi connectivity index (χ3v) is 3.29. The molecule has 3 nitrogen and oxygen atoms in total. The molecule has 1 aliphatic heterocycles. The summed E-state index contributed by atoms with van der Waals surface area (Å²) in [5.41, 5.74) is 2.16. The van der Waals surface area contributed by atoms with Crippen molar-refractivity contribution in [3.63, 3.8) is 0 Å². The van der Waals surface area contributed by atoms with Gasteiger partial charge in [-0.3, -0.25) is 0 Å². The molecule has 0 bridgehead atoms. The second-order valence-corrected chi connectivity index (χ2v) is 4.56. The smallest absolute Gasteiger partial charge is 0.150 e. The molecule has 1 aromatic carbocycles. The van der Waals surface area contributed by atoms with Crippen LogP contribution in [0.15, 0.2) is 24.4 Å². The van der Waals surface area contributed by atoms with Crippen LogP contribution in [-0.2, 0) is 4.74 Å². The molecular formula is C15H16N2O. The average Bonchev–Trinajstić information content (AvgIpc) is 2.83. The van der Waals surface area contributed by atoms with Crippen molar-refractivity contribution in [2.75, 3.05) is 6.61 Å². The van der Waals surface area contributed by atoms with Crippen LogP contribution in [-0.4, -0.2) is 16.4 Å². The van der Waals surface area contributed by atoms with Gasteiger partial charge >= 0.3 is 0 Å². The fourth-order valence-corrected chi connectivity index (χ4v) is 2.42. The Morgan fingerprint density at radius 1 is 1.39 bits per heavy atom. The number of hydrogen-bond acceptors (Lipinski definition) is 2. The number of benzene rings is 1. The zero-order valence-electron chi connectivity index (χ0n) is 10.5. The predicted molar refractivity (Wildman–Crippen MR) is 71.1 cm³/mol. The van der Waals surface area contributed by atoms with Crippen LogP contribution in [0, 0.1) is 11.8 Å². The van der Waals surface area contributed by atoms with E-state index in [1.54, 1.807) is 0 Å². The number of hydrogen-bond donors (Lipinski definition) is 0. The molecule has 0 spiro atoms. The summed E-state index contributed by atoms with van der Waals surface area (Å²) in [5, 5.41) is 5.59. The SMILES string of the molecule is CC#Cc1ccc2c(cnn2C2CCCCO2)c1. The highest BCUT2D eigenvalue weighted by molar-refractivity contribution is 5.80. The van der Waals surface area contributed by atoms with E-state index in [4.69, 9.17) is 4.74 Å². The number of nitrogens with zero attached hydrogens (tertiary/aromatic N) is 2. The van der Waals surface area contributed by atoms with Crippen molar-refractivity contribution in [2.45, 2.75) is 32.4 Å². The van der Waals surface area contributed by atoms with E-state index in [-0.39, 0.29) is 6.23 Å². The summed E-state index contributed by atoms with van der Waals surface area (Å²) >= 11 is 0. The first-order valence-corrected chi connectivity index (χ1v) is 6.40. The zero-order valence-corrected chi connectivity index (χ0v) is 10.5. The topological polar surface area (TPSA) is 27.1 Å². The molecule has 92 valence electrons. The Balaban J connectivity index is 2.00. The van der Waals surface area contributed by atoms with E-state index in [9.17, 15) is 0 Å². The predicted octanol–water partition coefficient (Wildman–Crippen LogP) is 3.11. The van der Waals surface area contributed by atoms with E-state index >= 15 is 0 Å². The molecule has 1 aliphatic rings. The summed E-state index contributed by atoms with van der Waals surface area (Å²) in [4.78, 5) is 0. The van der Waals surface area contributed by atoms with Gasteiger partial charge in [-0.2, -0.15) is 5.10 Å². The Morgan fingerprint density at radius 2 is 2.33 bits per heavy atom. The molecule has 0 radical (unpaired) electrons. The van der Waals surface area contributed by atoms with Gasteiger partial charge in [-0.05, 0) is 44.4 Å². The minimum Gasteiger partial charge on any atom is -0.356 e. The third kappa shape index (κ3) is 2.00. The lowest BCUT2D eigenvalue weighted by Gasteiger charge is -2.23. The van der Waals surface area contributed by atoms with Gasteiger partial charge in [0.25, 0.3) is 0 Å². The van der Waals surface area contributed by atoms with E-state index in [1.807, 2.05) is 23.9 Å². The third-order valence-electron chi connectivity index (χ3n) is 3.29. The lowest BCUT2D eigenvalue weighted by atomic mass is 10.1. The van der Waals surface area contributed by atoms with Crippen molar-refractivity contribution < 1.29 is 4.74 Å². The van der Waals surface area contributed by atoms with E-state index in [0.29, 0.717) is 0 Å². The van der Waals surface area contributed by atoms with E-state index < -0.39 is 0 Å². The van der Waals surface area contributed by atoms with Crippen LogP contribution in [0.5, 0.6) is 0 Å². The molecule has 2 aromatic rings. The highest BCUT2D eigenvalue weighted by Gasteiger charge is 2.18. The largest absolute Gasteiger partial charge is 0.356 e. The summed E-state index contributed by atoms with van der Waals surface area (Å²) in [6.45, 7) is 2.69. The van der Waals surface area contributed by atoms with Crippen molar-refractivity contribution in [3.8, 4) is 11.8 Å². The highest BCUT2D eigenvalue weighted by atomic mass is 16.5. The van der Waals surface area contributed by atoms with E-state index in [0.717, 1.165) is 35.9 Å². The molecule has 1 fully saturated rings. The summed E-state index contributed by atoms with van der Waals surface area (Å²) in [6.07, 6.45) is 5.41. The number of fused-ring (bicyclic) bond motifs is 1. The molecule has 18 heavy (non-hydrogen) atoms. The van der Waals surface area contributed by atoms with Crippen molar-refractivity contribution in [1.29, 1.82) is 0 Å². The Labute approximate surface area is 107 Å². The van der Waals surface area contributed by atoms with Gasteiger partial charge in [0.05, 0.1) is 11.7 Å². The van der Waals surface area contributed by atoms with Gasteiger partial charge in [-0.15, -0.1) is 5.92 Å². The van der Waals surface area contributed by atoms with Crippen LogP contribution in [0.1, 0.15) is 38.0 Å². The average molecular weight is 240 g/mol. The first kappa shape index (κ1) is 11.3. The van der Waals surface area contributed by atoms with Crippen molar-refractivity contribution >= 4 is 10.9 Å². The lowest BCUT2D eigenvalue weighted by Crippen LogP contribution is -2.18. The van der Waals surface area contributed by atoms with Crippen molar-refractivity contribution in [3.05, 3.63) is 30.0 Å². The van der Waals surface area contributed by atoms with E-state index in [1.165, 1.54) is 6.42 Å². The molecule has 1 unspecified atom stereocenters.